The topological polar surface area (TPSA) is 28.2 Å². The summed E-state index contributed by atoms with van der Waals surface area (Å²) in [5, 5.41) is 3.53. The van der Waals surface area contributed by atoms with Crippen molar-refractivity contribution in [2.45, 2.75) is 24.8 Å². The van der Waals surface area contributed by atoms with E-state index in [2.05, 4.69) is 35.4 Å². The van der Waals surface area contributed by atoms with Crippen LogP contribution in [0.2, 0.25) is 0 Å². The summed E-state index contributed by atoms with van der Waals surface area (Å²) in [6, 6.07) is 4.19. The van der Waals surface area contributed by atoms with Gasteiger partial charge in [0.05, 0.1) is 0 Å². The zero-order valence-corrected chi connectivity index (χ0v) is 10.2. The summed E-state index contributed by atoms with van der Waals surface area (Å²) in [6.07, 6.45) is 7.34. The molecule has 3 nitrogen and oxygen atoms in total. The minimum absolute atomic E-state index is 0.273. The molecule has 0 aliphatic carbocycles. The number of nitrogens with one attached hydrogen (secondary N) is 1. The third kappa shape index (κ3) is 2.60. The fraction of sp³-hybridized carbons (Fsp3) is 0.615. The first-order valence-electron chi connectivity index (χ1n) is 6.00. The lowest BCUT2D eigenvalue weighted by molar-refractivity contribution is 0.163. The highest BCUT2D eigenvalue weighted by molar-refractivity contribution is 5.14. The molecule has 0 spiro atoms. The first-order valence-corrected chi connectivity index (χ1v) is 6.00. The van der Waals surface area contributed by atoms with Crippen LogP contribution < -0.4 is 5.32 Å². The van der Waals surface area contributed by atoms with Crippen LogP contribution in [-0.2, 0) is 6.42 Å². The molecule has 0 saturated carbocycles. The van der Waals surface area contributed by atoms with E-state index in [0.717, 1.165) is 6.42 Å². The Morgan fingerprint density at radius 3 is 2.75 bits per heavy atom. The van der Waals surface area contributed by atoms with Gasteiger partial charge < -0.3 is 10.2 Å². The Hall–Kier alpha value is -0.930. The minimum Gasteiger partial charge on any atom is -0.314 e. The van der Waals surface area contributed by atoms with Gasteiger partial charge in [-0.3, -0.25) is 4.98 Å². The Labute approximate surface area is 97.9 Å². The molecule has 0 bridgehead atoms. The fourth-order valence-corrected chi connectivity index (χ4v) is 2.46. The van der Waals surface area contributed by atoms with Gasteiger partial charge in [0.25, 0.3) is 0 Å². The molecule has 2 heterocycles. The number of likely N-dealkylation sites (tertiary alicyclic amines) is 1. The predicted octanol–water partition coefficient (Wildman–Crippen LogP) is 1.31. The standard InChI is InChI=1S/C13H21N3/c1-14-13(5-8-16(2)9-6-13)10-12-4-3-7-15-11-12/h3-4,7,11,14H,5-6,8-10H2,1-2H3. The zero-order chi connectivity index (χ0) is 11.4. The summed E-state index contributed by atoms with van der Waals surface area (Å²) in [7, 11) is 4.28. The van der Waals surface area contributed by atoms with E-state index in [4.69, 9.17) is 0 Å². The molecule has 0 aromatic carbocycles. The number of hydrogen-bond donors (Lipinski definition) is 1. The molecular formula is C13H21N3. The maximum atomic E-state index is 4.19. The number of nitrogens with zero attached hydrogens (tertiary/aromatic N) is 2. The largest absolute Gasteiger partial charge is 0.314 e. The van der Waals surface area contributed by atoms with Crippen LogP contribution >= 0.6 is 0 Å². The molecule has 1 N–H and O–H groups in total. The van der Waals surface area contributed by atoms with Crippen LogP contribution in [-0.4, -0.2) is 42.6 Å². The van der Waals surface area contributed by atoms with Crippen molar-refractivity contribution < 1.29 is 0 Å². The average molecular weight is 219 g/mol. The Morgan fingerprint density at radius 2 is 2.19 bits per heavy atom. The van der Waals surface area contributed by atoms with Crippen molar-refractivity contribution in [1.82, 2.24) is 15.2 Å². The number of aromatic nitrogens is 1. The quantitative estimate of drug-likeness (QED) is 0.831. The molecule has 2 rings (SSSR count). The molecule has 16 heavy (non-hydrogen) atoms. The van der Waals surface area contributed by atoms with Gasteiger partial charge >= 0.3 is 0 Å². The van der Waals surface area contributed by atoms with Gasteiger partial charge in [0, 0.05) is 17.9 Å². The average Bonchev–Trinajstić information content (AvgIpc) is 2.34. The Morgan fingerprint density at radius 1 is 1.44 bits per heavy atom. The van der Waals surface area contributed by atoms with Crippen molar-refractivity contribution in [3.63, 3.8) is 0 Å². The van der Waals surface area contributed by atoms with Gasteiger partial charge in [0.1, 0.15) is 0 Å². The Bertz CT molecular complexity index is 315. The van der Waals surface area contributed by atoms with Crippen molar-refractivity contribution in [2.24, 2.45) is 0 Å². The number of hydrogen-bond acceptors (Lipinski definition) is 3. The van der Waals surface area contributed by atoms with Gasteiger partial charge in [-0.05, 0) is 58.1 Å². The lowest BCUT2D eigenvalue weighted by atomic mass is 9.82. The van der Waals surface area contributed by atoms with Crippen LogP contribution in [0.4, 0.5) is 0 Å². The maximum Gasteiger partial charge on any atom is 0.0300 e. The maximum absolute atomic E-state index is 4.19. The summed E-state index contributed by atoms with van der Waals surface area (Å²) in [5.41, 5.74) is 1.61. The molecule has 1 aromatic rings. The molecule has 0 amide bonds. The summed E-state index contributed by atoms with van der Waals surface area (Å²) in [4.78, 5) is 6.59. The summed E-state index contributed by atoms with van der Waals surface area (Å²) in [5.74, 6) is 0. The SMILES string of the molecule is CNC1(Cc2cccnc2)CCN(C)CC1. The molecule has 1 aromatic heterocycles. The zero-order valence-electron chi connectivity index (χ0n) is 10.2. The van der Waals surface area contributed by atoms with E-state index >= 15 is 0 Å². The summed E-state index contributed by atoms with van der Waals surface area (Å²) in [6.45, 7) is 2.36. The summed E-state index contributed by atoms with van der Waals surface area (Å²) >= 11 is 0. The first-order chi connectivity index (χ1) is 7.74. The van der Waals surface area contributed by atoms with Gasteiger partial charge in [-0.1, -0.05) is 6.07 Å². The second kappa shape index (κ2) is 4.93. The van der Waals surface area contributed by atoms with Crippen LogP contribution in [0.25, 0.3) is 0 Å². The number of piperidine rings is 1. The molecule has 0 radical (unpaired) electrons. The molecule has 1 fully saturated rings. The van der Waals surface area contributed by atoms with Crippen molar-refractivity contribution in [1.29, 1.82) is 0 Å². The van der Waals surface area contributed by atoms with E-state index in [9.17, 15) is 0 Å². The highest BCUT2D eigenvalue weighted by atomic mass is 15.1. The van der Waals surface area contributed by atoms with E-state index in [-0.39, 0.29) is 5.54 Å². The fourth-order valence-electron chi connectivity index (χ4n) is 2.46. The molecule has 1 aliphatic rings. The first kappa shape index (κ1) is 11.6. The van der Waals surface area contributed by atoms with Gasteiger partial charge in [-0.25, -0.2) is 0 Å². The molecule has 0 atom stereocenters. The third-order valence-electron chi connectivity index (χ3n) is 3.74. The van der Waals surface area contributed by atoms with Crippen molar-refractivity contribution in [3.05, 3.63) is 30.1 Å². The van der Waals surface area contributed by atoms with Gasteiger partial charge in [-0.15, -0.1) is 0 Å². The van der Waals surface area contributed by atoms with E-state index in [1.165, 1.54) is 31.5 Å². The number of rotatable bonds is 3. The number of pyridine rings is 1. The molecule has 3 heteroatoms. The molecule has 88 valence electrons. The van der Waals surface area contributed by atoms with Gasteiger partial charge in [-0.2, -0.15) is 0 Å². The Balaban J connectivity index is 2.05. The van der Waals surface area contributed by atoms with Crippen molar-refractivity contribution in [2.75, 3.05) is 27.2 Å². The monoisotopic (exact) mass is 219 g/mol. The second-order valence-corrected chi connectivity index (χ2v) is 4.87. The van der Waals surface area contributed by atoms with Crippen LogP contribution in [0.15, 0.2) is 24.5 Å². The minimum atomic E-state index is 0.273. The molecule has 0 unspecified atom stereocenters. The van der Waals surface area contributed by atoms with E-state index in [0.29, 0.717) is 0 Å². The van der Waals surface area contributed by atoms with E-state index < -0.39 is 0 Å². The molecule has 1 aliphatic heterocycles. The van der Waals surface area contributed by atoms with Crippen molar-refractivity contribution in [3.8, 4) is 0 Å². The highest BCUT2D eigenvalue weighted by Crippen LogP contribution is 2.25. The lowest BCUT2D eigenvalue weighted by Crippen LogP contribution is -2.52. The Kier molecular flexibility index (Phi) is 3.56. The number of likely N-dealkylation sites (N-methyl/N-ethyl adjacent to an activating group) is 1. The van der Waals surface area contributed by atoms with Crippen LogP contribution in [0, 0.1) is 0 Å². The predicted molar refractivity (Wildman–Crippen MR) is 66.5 cm³/mol. The lowest BCUT2D eigenvalue weighted by Gasteiger charge is -2.40. The third-order valence-corrected chi connectivity index (χ3v) is 3.74. The normalized spacial score (nSPS) is 20.9. The van der Waals surface area contributed by atoms with Crippen LogP contribution in [0.3, 0.4) is 0 Å². The van der Waals surface area contributed by atoms with Gasteiger partial charge in [0.15, 0.2) is 0 Å². The van der Waals surface area contributed by atoms with Crippen LogP contribution in [0.1, 0.15) is 18.4 Å². The van der Waals surface area contributed by atoms with Crippen LogP contribution in [0.5, 0.6) is 0 Å². The van der Waals surface area contributed by atoms with E-state index in [1.807, 2.05) is 18.5 Å². The molecule has 1 saturated heterocycles. The van der Waals surface area contributed by atoms with Crippen molar-refractivity contribution >= 4 is 0 Å². The smallest absolute Gasteiger partial charge is 0.0300 e. The van der Waals surface area contributed by atoms with E-state index in [1.54, 1.807) is 0 Å². The van der Waals surface area contributed by atoms with Gasteiger partial charge in [0.2, 0.25) is 0 Å². The second-order valence-electron chi connectivity index (χ2n) is 4.87. The highest BCUT2D eigenvalue weighted by Gasteiger charge is 2.31. The molecular weight excluding hydrogens is 198 g/mol. The summed E-state index contributed by atoms with van der Waals surface area (Å²) < 4.78 is 0.